The molecule has 0 amide bonds. The first-order valence-electron chi connectivity index (χ1n) is 6.86. The van der Waals surface area contributed by atoms with Gasteiger partial charge in [-0.15, -0.1) is 0 Å². The summed E-state index contributed by atoms with van der Waals surface area (Å²) >= 11 is 0. The Labute approximate surface area is 118 Å². The molecule has 1 aliphatic rings. The molecule has 104 valence electrons. The largest absolute Gasteiger partial charge is 0.488 e. The topological polar surface area (TPSA) is 67.5 Å². The number of hydrogen-bond donors (Lipinski definition) is 2. The maximum absolute atomic E-state index is 9.12. The van der Waals surface area contributed by atoms with Crippen LogP contribution in [0.25, 0.3) is 11.4 Å². The molecule has 0 spiro atoms. The van der Waals surface area contributed by atoms with Crippen LogP contribution in [0.2, 0.25) is 0 Å². The van der Waals surface area contributed by atoms with Gasteiger partial charge in [0.1, 0.15) is 12.1 Å². The van der Waals surface area contributed by atoms with Gasteiger partial charge >= 0.3 is 7.12 Å². The zero-order valence-electron chi connectivity index (χ0n) is 11.1. The van der Waals surface area contributed by atoms with Crippen molar-refractivity contribution in [2.24, 2.45) is 0 Å². The molecule has 1 aliphatic heterocycles. The summed E-state index contributed by atoms with van der Waals surface area (Å²) in [6, 6.07) is 7.08. The summed E-state index contributed by atoms with van der Waals surface area (Å²) in [6.45, 7) is 0.790. The third kappa shape index (κ3) is 2.63. The molecule has 2 N–H and O–H groups in total. The van der Waals surface area contributed by atoms with Crippen molar-refractivity contribution in [3.63, 3.8) is 0 Å². The van der Waals surface area contributed by atoms with Crippen molar-refractivity contribution >= 4 is 12.6 Å². The molecular formula is C14H17BN2O3. The lowest BCUT2D eigenvalue weighted by Gasteiger charge is -2.25. The highest BCUT2D eigenvalue weighted by Crippen LogP contribution is 2.27. The number of aromatic nitrogens is 2. The molecule has 2 heterocycles. The van der Waals surface area contributed by atoms with Gasteiger partial charge in [0.15, 0.2) is 0 Å². The fraction of sp³-hybridized carbons (Fsp3) is 0.357. The molecule has 1 aromatic carbocycles. The molecule has 0 bridgehead atoms. The fourth-order valence-electron chi connectivity index (χ4n) is 2.52. The predicted molar refractivity (Wildman–Crippen MR) is 76.3 cm³/mol. The van der Waals surface area contributed by atoms with Gasteiger partial charge in [-0.25, -0.2) is 4.98 Å². The fourth-order valence-corrected chi connectivity index (χ4v) is 2.52. The van der Waals surface area contributed by atoms with Crippen LogP contribution in [0.15, 0.2) is 36.7 Å². The summed E-state index contributed by atoms with van der Waals surface area (Å²) < 4.78 is 7.83. The molecule has 0 radical (unpaired) electrons. The number of benzene rings is 1. The molecule has 1 saturated heterocycles. The molecule has 20 heavy (non-hydrogen) atoms. The summed E-state index contributed by atoms with van der Waals surface area (Å²) in [5.41, 5.74) is 1.41. The Hall–Kier alpha value is -1.63. The minimum Gasteiger partial charge on any atom is -0.423 e. The summed E-state index contributed by atoms with van der Waals surface area (Å²) in [5, 5.41) is 18.2. The van der Waals surface area contributed by atoms with Crippen LogP contribution in [0.3, 0.4) is 0 Å². The van der Waals surface area contributed by atoms with E-state index in [0.29, 0.717) is 5.46 Å². The number of hydrogen-bond acceptors (Lipinski definition) is 4. The Bertz CT molecular complexity index is 562. The molecular weight excluding hydrogens is 255 g/mol. The number of nitrogens with zero attached hydrogens (tertiary/aromatic N) is 2. The van der Waals surface area contributed by atoms with Gasteiger partial charge < -0.3 is 19.4 Å². The van der Waals surface area contributed by atoms with Crippen molar-refractivity contribution in [1.82, 2.24) is 9.55 Å². The van der Waals surface area contributed by atoms with Gasteiger partial charge in [-0.2, -0.15) is 0 Å². The highest BCUT2D eigenvalue weighted by atomic mass is 16.5. The minimum absolute atomic E-state index is 0.0457. The zero-order valence-corrected chi connectivity index (χ0v) is 11.1. The molecule has 0 aliphatic carbocycles. The molecule has 1 aromatic heterocycles. The molecule has 2 aromatic rings. The van der Waals surface area contributed by atoms with Crippen molar-refractivity contribution in [3.8, 4) is 11.4 Å². The zero-order chi connectivity index (χ0) is 13.9. The van der Waals surface area contributed by atoms with Crippen molar-refractivity contribution < 1.29 is 14.8 Å². The molecule has 3 rings (SSSR count). The standard InChI is InChI=1S/C14H17BN2O3/c18-15(19)12-6-4-11(5-7-12)14-16-8-9-17(14)13-3-1-2-10-20-13/h4-9,13,18-19H,1-3,10H2. The van der Waals surface area contributed by atoms with E-state index in [-0.39, 0.29) is 6.23 Å². The van der Waals surface area contributed by atoms with Gasteiger partial charge in [-0.3, -0.25) is 0 Å². The Morgan fingerprint density at radius 1 is 1.20 bits per heavy atom. The van der Waals surface area contributed by atoms with Gasteiger partial charge in [0.25, 0.3) is 0 Å². The highest BCUT2D eigenvalue weighted by molar-refractivity contribution is 6.58. The maximum atomic E-state index is 9.12. The van der Waals surface area contributed by atoms with Crippen LogP contribution in [-0.4, -0.2) is 33.3 Å². The summed E-state index contributed by atoms with van der Waals surface area (Å²) in [6.07, 6.45) is 7.02. The van der Waals surface area contributed by atoms with E-state index in [1.807, 2.05) is 22.9 Å². The molecule has 0 saturated carbocycles. The predicted octanol–water partition coefficient (Wildman–Crippen LogP) is 0.929. The minimum atomic E-state index is -1.44. The first-order valence-corrected chi connectivity index (χ1v) is 6.86. The number of imidazole rings is 1. The highest BCUT2D eigenvalue weighted by Gasteiger charge is 2.19. The Kier molecular flexibility index (Phi) is 3.87. The number of ether oxygens (including phenoxy) is 1. The van der Waals surface area contributed by atoms with E-state index >= 15 is 0 Å². The quantitative estimate of drug-likeness (QED) is 0.816. The van der Waals surface area contributed by atoms with E-state index in [2.05, 4.69) is 4.98 Å². The van der Waals surface area contributed by atoms with Crippen molar-refractivity contribution in [1.29, 1.82) is 0 Å². The van der Waals surface area contributed by atoms with E-state index in [4.69, 9.17) is 14.8 Å². The number of rotatable bonds is 3. The maximum Gasteiger partial charge on any atom is 0.488 e. The van der Waals surface area contributed by atoms with Crippen LogP contribution in [0.5, 0.6) is 0 Å². The van der Waals surface area contributed by atoms with E-state index in [1.165, 1.54) is 0 Å². The van der Waals surface area contributed by atoms with Crippen molar-refractivity contribution in [2.45, 2.75) is 25.5 Å². The van der Waals surface area contributed by atoms with Crippen LogP contribution < -0.4 is 5.46 Å². The third-order valence-electron chi connectivity index (χ3n) is 3.60. The average molecular weight is 272 g/mol. The molecule has 1 atom stereocenters. The van der Waals surface area contributed by atoms with Gasteiger partial charge in [-0.05, 0) is 24.7 Å². The summed E-state index contributed by atoms with van der Waals surface area (Å²) in [7, 11) is -1.44. The van der Waals surface area contributed by atoms with Crippen LogP contribution in [0.4, 0.5) is 0 Å². The van der Waals surface area contributed by atoms with Crippen LogP contribution in [0.1, 0.15) is 25.5 Å². The normalized spacial score (nSPS) is 19.0. The van der Waals surface area contributed by atoms with Crippen molar-refractivity contribution in [3.05, 3.63) is 36.7 Å². The third-order valence-corrected chi connectivity index (χ3v) is 3.60. The van der Waals surface area contributed by atoms with Crippen molar-refractivity contribution in [2.75, 3.05) is 6.61 Å². The molecule has 6 heteroatoms. The van der Waals surface area contributed by atoms with Crippen LogP contribution in [-0.2, 0) is 4.74 Å². The second kappa shape index (κ2) is 5.79. The van der Waals surface area contributed by atoms with Gasteiger partial charge in [-0.1, -0.05) is 24.3 Å². The smallest absolute Gasteiger partial charge is 0.423 e. The second-order valence-corrected chi connectivity index (χ2v) is 4.98. The van der Waals surface area contributed by atoms with Gasteiger partial charge in [0, 0.05) is 24.6 Å². The second-order valence-electron chi connectivity index (χ2n) is 4.98. The Morgan fingerprint density at radius 3 is 2.65 bits per heavy atom. The Balaban J connectivity index is 1.88. The molecule has 1 unspecified atom stereocenters. The lowest BCUT2D eigenvalue weighted by molar-refractivity contribution is -0.0309. The van der Waals surface area contributed by atoms with Crippen LogP contribution in [0, 0.1) is 0 Å². The first-order chi connectivity index (χ1) is 9.75. The van der Waals surface area contributed by atoms with E-state index in [0.717, 1.165) is 37.3 Å². The summed E-state index contributed by atoms with van der Waals surface area (Å²) in [4.78, 5) is 4.39. The first kappa shape index (κ1) is 13.4. The molecule has 5 nitrogen and oxygen atoms in total. The van der Waals surface area contributed by atoms with E-state index in [1.54, 1.807) is 18.3 Å². The Morgan fingerprint density at radius 2 is 2.00 bits per heavy atom. The summed E-state index contributed by atoms with van der Waals surface area (Å²) in [5.74, 6) is 0.843. The van der Waals surface area contributed by atoms with Gasteiger partial charge in [0.05, 0.1) is 0 Å². The van der Waals surface area contributed by atoms with E-state index < -0.39 is 7.12 Å². The average Bonchev–Trinajstić information content (AvgIpc) is 2.97. The van der Waals surface area contributed by atoms with Gasteiger partial charge in [0.2, 0.25) is 0 Å². The van der Waals surface area contributed by atoms with E-state index in [9.17, 15) is 0 Å². The monoisotopic (exact) mass is 272 g/mol. The molecule has 1 fully saturated rings. The lowest BCUT2D eigenvalue weighted by Crippen LogP contribution is -2.29. The lowest BCUT2D eigenvalue weighted by atomic mass is 9.80. The SMILES string of the molecule is OB(O)c1ccc(-c2nccn2C2CCCCO2)cc1. The van der Waals surface area contributed by atoms with Crippen LogP contribution >= 0.6 is 0 Å².